The molecule has 108 valence electrons. The van der Waals surface area contributed by atoms with Crippen LogP contribution >= 0.6 is 0 Å². The van der Waals surface area contributed by atoms with Gasteiger partial charge in [0.15, 0.2) is 0 Å². The summed E-state index contributed by atoms with van der Waals surface area (Å²) >= 11 is 0. The van der Waals surface area contributed by atoms with E-state index < -0.39 is 11.7 Å². The summed E-state index contributed by atoms with van der Waals surface area (Å²) in [5, 5.41) is 3.48. The van der Waals surface area contributed by atoms with Gasteiger partial charge in [0.05, 0.1) is 5.56 Å². The van der Waals surface area contributed by atoms with Crippen LogP contribution in [-0.2, 0) is 12.7 Å². The molecule has 0 aliphatic rings. The molecule has 0 saturated heterocycles. The Labute approximate surface area is 113 Å². The van der Waals surface area contributed by atoms with E-state index >= 15 is 0 Å². The van der Waals surface area contributed by atoms with Crippen LogP contribution in [0, 0.1) is 0 Å². The van der Waals surface area contributed by atoms with Gasteiger partial charge in [-0.1, -0.05) is 32.9 Å². The molecule has 0 atom stereocenters. The zero-order valence-corrected chi connectivity index (χ0v) is 11.8. The van der Waals surface area contributed by atoms with Crippen molar-refractivity contribution in [3.8, 4) is 0 Å². The number of alkyl halides is 3. The highest BCUT2D eigenvalue weighted by molar-refractivity contribution is 5.24. The van der Waals surface area contributed by atoms with Gasteiger partial charge in [-0.25, -0.2) is 0 Å². The molecule has 1 N–H and O–H groups in total. The summed E-state index contributed by atoms with van der Waals surface area (Å²) in [5.41, 5.74) is 0.375. The van der Waals surface area contributed by atoms with Crippen LogP contribution < -0.4 is 5.32 Å². The molecule has 1 rings (SSSR count). The standard InChI is InChI=1S/C15H22F3N/c1-4-14(5-2,6-3)19-11-12-7-9-13(10-8-12)15(16,17)18/h7-10,19H,4-6,11H2,1-3H3. The molecule has 0 aliphatic heterocycles. The first-order valence-electron chi connectivity index (χ1n) is 6.78. The Morgan fingerprint density at radius 1 is 0.895 bits per heavy atom. The van der Waals surface area contributed by atoms with E-state index in [0.29, 0.717) is 6.54 Å². The molecular weight excluding hydrogens is 251 g/mol. The first-order chi connectivity index (χ1) is 8.87. The van der Waals surface area contributed by atoms with Gasteiger partial charge in [-0.3, -0.25) is 0 Å². The smallest absolute Gasteiger partial charge is 0.307 e. The van der Waals surface area contributed by atoms with E-state index in [1.165, 1.54) is 0 Å². The summed E-state index contributed by atoms with van der Waals surface area (Å²) in [4.78, 5) is 0. The van der Waals surface area contributed by atoms with Crippen LogP contribution in [0.3, 0.4) is 0 Å². The highest BCUT2D eigenvalue weighted by atomic mass is 19.4. The Kier molecular flexibility index (Phi) is 5.41. The number of rotatable bonds is 6. The normalized spacial score (nSPS) is 12.7. The zero-order valence-electron chi connectivity index (χ0n) is 11.8. The second-order valence-electron chi connectivity index (χ2n) is 4.89. The molecule has 0 bridgehead atoms. The highest BCUT2D eigenvalue weighted by Crippen LogP contribution is 2.29. The van der Waals surface area contributed by atoms with Gasteiger partial charge < -0.3 is 5.32 Å². The molecular formula is C15H22F3N. The van der Waals surface area contributed by atoms with E-state index in [9.17, 15) is 13.2 Å². The maximum Gasteiger partial charge on any atom is 0.416 e. The lowest BCUT2D eigenvalue weighted by atomic mass is 9.89. The number of halogens is 3. The lowest BCUT2D eigenvalue weighted by Crippen LogP contribution is -2.43. The summed E-state index contributed by atoms with van der Waals surface area (Å²) in [6.07, 6.45) is -1.21. The second-order valence-corrected chi connectivity index (χ2v) is 4.89. The number of hydrogen-bond donors (Lipinski definition) is 1. The van der Waals surface area contributed by atoms with Gasteiger partial charge in [0, 0.05) is 12.1 Å². The van der Waals surface area contributed by atoms with E-state index in [0.717, 1.165) is 37.0 Å². The van der Waals surface area contributed by atoms with Crippen LogP contribution in [-0.4, -0.2) is 5.54 Å². The Morgan fingerprint density at radius 2 is 1.37 bits per heavy atom. The summed E-state index contributed by atoms with van der Waals surface area (Å²) in [6.45, 7) is 7.00. The predicted molar refractivity (Wildman–Crippen MR) is 71.9 cm³/mol. The van der Waals surface area contributed by atoms with Gasteiger partial charge in [0.2, 0.25) is 0 Å². The first kappa shape index (κ1) is 16.0. The van der Waals surface area contributed by atoms with Crippen molar-refractivity contribution in [3.05, 3.63) is 35.4 Å². The van der Waals surface area contributed by atoms with E-state index in [1.807, 2.05) is 0 Å². The van der Waals surface area contributed by atoms with Crippen molar-refractivity contribution in [3.63, 3.8) is 0 Å². The van der Waals surface area contributed by atoms with Crippen LogP contribution in [0.2, 0.25) is 0 Å². The van der Waals surface area contributed by atoms with Gasteiger partial charge in [-0.15, -0.1) is 0 Å². The van der Waals surface area contributed by atoms with Gasteiger partial charge in [0.25, 0.3) is 0 Å². The van der Waals surface area contributed by atoms with Crippen molar-refractivity contribution in [2.75, 3.05) is 0 Å². The molecule has 0 aliphatic carbocycles. The van der Waals surface area contributed by atoms with Crippen LogP contribution in [0.5, 0.6) is 0 Å². The SMILES string of the molecule is CCC(CC)(CC)NCc1ccc(C(F)(F)F)cc1. The zero-order chi connectivity index (χ0) is 14.5. The van der Waals surface area contributed by atoms with Gasteiger partial charge in [0.1, 0.15) is 0 Å². The molecule has 0 amide bonds. The van der Waals surface area contributed by atoms with Gasteiger partial charge in [-0.05, 0) is 37.0 Å². The molecule has 1 nitrogen and oxygen atoms in total. The minimum absolute atomic E-state index is 0.0860. The molecule has 0 radical (unpaired) electrons. The highest BCUT2D eigenvalue weighted by Gasteiger charge is 2.30. The first-order valence-corrected chi connectivity index (χ1v) is 6.78. The number of hydrogen-bond acceptors (Lipinski definition) is 1. The molecule has 0 heterocycles. The summed E-state index contributed by atoms with van der Waals surface area (Å²) in [6, 6.07) is 5.37. The van der Waals surface area contributed by atoms with Crippen molar-refractivity contribution >= 4 is 0 Å². The topological polar surface area (TPSA) is 12.0 Å². The fourth-order valence-corrected chi connectivity index (χ4v) is 2.23. The van der Waals surface area contributed by atoms with Crippen molar-refractivity contribution in [2.45, 2.75) is 58.3 Å². The Balaban J connectivity index is 2.69. The quantitative estimate of drug-likeness (QED) is 0.787. The number of nitrogens with one attached hydrogen (secondary N) is 1. The third-order valence-electron chi connectivity index (χ3n) is 3.98. The summed E-state index contributed by atoms with van der Waals surface area (Å²) in [7, 11) is 0. The van der Waals surface area contributed by atoms with Gasteiger partial charge >= 0.3 is 6.18 Å². The minimum Gasteiger partial charge on any atom is -0.307 e. The van der Waals surface area contributed by atoms with Crippen molar-refractivity contribution < 1.29 is 13.2 Å². The van der Waals surface area contributed by atoms with E-state index in [2.05, 4.69) is 26.1 Å². The van der Waals surface area contributed by atoms with Gasteiger partial charge in [-0.2, -0.15) is 13.2 Å². The third-order valence-corrected chi connectivity index (χ3v) is 3.98. The molecule has 1 aromatic carbocycles. The summed E-state index contributed by atoms with van der Waals surface area (Å²) in [5.74, 6) is 0. The lowest BCUT2D eigenvalue weighted by Gasteiger charge is -2.32. The van der Waals surface area contributed by atoms with Crippen LogP contribution in [0.1, 0.15) is 51.2 Å². The van der Waals surface area contributed by atoms with E-state index in [-0.39, 0.29) is 5.54 Å². The third kappa shape index (κ3) is 4.23. The molecule has 0 spiro atoms. The fourth-order valence-electron chi connectivity index (χ4n) is 2.23. The Hall–Kier alpha value is -1.03. The molecule has 0 fully saturated rings. The van der Waals surface area contributed by atoms with Crippen LogP contribution in [0.25, 0.3) is 0 Å². The minimum atomic E-state index is -4.26. The average molecular weight is 273 g/mol. The van der Waals surface area contributed by atoms with Crippen molar-refractivity contribution in [1.29, 1.82) is 0 Å². The largest absolute Gasteiger partial charge is 0.416 e. The van der Waals surface area contributed by atoms with Crippen molar-refractivity contribution in [1.82, 2.24) is 5.32 Å². The van der Waals surface area contributed by atoms with E-state index in [4.69, 9.17) is 0 Å². The van der Waals surface area contributed by atoms with Crippen LogP contribution in [0.15, 0.2) is 24.3 Å². The molecule has 0 saturated carbocycles. The monoisotopic (exact) mass is 273 g/mol. The molecule has 19 heavy (non-hydrogen) atoms. The predicted octanol–water partition coefficient (Wildman–Crippen LogP) is 4.76. The van der Waals surface area contributed by atoms with Crippen molar-refractivity contribution in [2.24, 2.45) is 0 Å². The maximum atomic E-state index is 12.4. The molecule has 4 heteroatoms. The summed E-state index contributed by atoms with van der Waals surface area (Å²) < 4.78 is 37.3. The van der Waals surface area contributed by atoms with Crippen LogP contribution in [0.4, 0.5) is 13.2 Å². The Morgan fingerprint density at radius 3 is 1.74 bits per heavy atom. The molecule has 0 unspecified atom stereocenters. The fraction of sp³-hybridized carbons (Fsp3) is 0.600. The second kappa shape index (κ2) is 6.42. The molecule has 0 aromatic heterocycles. The van der Waals surface area contributed by atoms with E-state index in [1.54, 1.807) is 12.1 Å². The lowest BCUT2D eigenvalue weighted by molar-refractivity contribution is -0.137. The maximum absolute atomic E-state index is 12.4. The Bertz CT molecular complexity index is 369. The average Bonchev–Trinajstić information content (AvgIpc) is 2.40. The molecule has 1 aromatic rings. The number of benzene rings is 1.